The third-order valence-electron chi connectivity index (χ3n) is 3.14. The van der Waals surface area contributed by atoms with Crippen molar-refractivity contribution in [1.82, 2.24) is 9.97 Å². The molecule has 1 aliphatic rings. The third kappa shape index (κ3) is 2.12. The summed E-state index contributed by atoms with van der Waals surface area (Å²) in [6.45, 7) is 2.06. The van der Waals surface area contributed by atoms with Gasteiger partial charge in [0.1, 0.15) is 5.82 Å². The molecule has 1 heterocycles. The van der Waals surface area contributed by atoms with Gasteiger partial charge in [0.2, 0.25) is 0 Å². The molecule has 3 rings (SSSR count). The molecule has 2 N–H and O–H groups in total. The number of nitrogen functional groups attached to an aromatic ring is 1. The molecular weight excluding hydrogens is 290 g/mol. The van der Waals surface area contributed by atoms with Gasteiger partial charge in [-0.15, -0.1) is 0 Å². The Morgan fingerprint density at radius 1 is 1.28 bits per heavy atom. The highest BCUT2D eigenvalue weighted by Crippen LogP contribution is 2.43. The molecule has 92 valence electrons. The van der Waals surface area contributed by atoms with E-state index in [0.717, 1.165) is 21.6 Å². The van der Waals surface area contributed by atoms with Crippen LogP contribution < -0.4 is 5.73 Å². The molecule has 0 unspecified atom stereocenters. The molecule has 0 amide bonds. The molecule has 0 saturated heterocycles. The zero-order valence-electron chi connectivity index (χ0n) is 10.2. The van der Waals surface area contributed by atoms with Crippen molar-refractivity contribution in [1.29, 1.82) is 0 Å². The molecular formula is C14H14BrN3. The van der Waals surface area contributed by atoms with Gasteiger partial charge in [0, 0.05) is 11.5 Å². The number of benzene rings is 1. The quantitative estimate of drug-likeness (QED) is 0.921. The summed E-state index contributed by atoms with van der Waals surface area (Å²) in [6.07, 6.45) is 2.39. The van der Waals surface area contributed by atoms with E-state index in [2.05, 4.69) is 45.0 Å². The number of hydrogen-bond donors (Lipinski definition) is 1. The normalized spacial score (nSPS) is 14.8. The Morgan fingerprint density at radius 2 is 2.06 bits per heavy atom. The van der Waals surface area contributed by atoms with E-state index >= 15 is 0 Å². The summed E-state index contributed by atoms with van der Waals surface area (Å²) in [5.41, 5.74) is 9.24. The number of halogens is 1. The second kappa shape index (κ2) is 4.35. The van der Waals surface area contributed by atoms with Gasteiger partial charge < -0.3 is 5.73 Å². The first-order valence-electron chi connectivity index (χ1n) is 6.05. The number of hydrogen-bond acceptors (Lipinski definition) is 3. The number of nitrogens with two attached hydrogens (primary N) is 1. The molecule has 1 saturated carbocycles. The Morgan fingerprint density at radius 3 is 2.72 bits per heavy atom. The molecule has 1 aromatic carbocycles. The first-order valence-corrected chi connectivity index (χ1v) is 6.84. The van der Waals surface area contributed by atoms with Gasteiger partial charge in [-0.1, -0.05) is 23.8 Å². The average molecular weight is 304 g/mol. The van der Waals surface area contributed by atoms with E-state index in [1.807, 2.05) is 12.1 Å². The lowest BCUT2D eigenvalue weighted by molar-refractivity contribution is 0.984. The fourth-order valence-corrected chi connectivity index (χ4v) is 2.52. The van der Waals surface area contributed by atoms with Crippen LogP contribution in [0.5, 0.6) is 0 Å². The van der Waals surface area contributed by atoms with Crippen molar-refractivity contribution in [2.75, 3.05) is 5.73 Å². The summed E-state index contributed by atoms with van der Waals surface area (Å²) in [7, 11) is 0. The van der Waals surface area contributed by atoms with Crippen molar-refractivity contribution >= 4 is 21.7 Å². The van der Waals surface area contributed by atoms with Crippen LogP contribution in [0.2, 0.25) is 0 Å². The molecule has 18 heavy (non-hydrogen) atoms. The smallest absolute Gasteiger partial charge is 0.161 e. The van der Waals surface area contributed by atoms with Crippen LogP contribution in [0.15, 0.2) is 28.7 Å². The lowest BCUT2D eigenvalue weighted by atomic mass is 10.1. The summed E-state index contributed by atoms with van der Waals surface area (Å²) in [5, 5.41) is 0. The molecule has 0 radical (unpaired) electrons. The van der Waals surface area contributed by atoms with E-state index in [-0.39, 0.29) is 0 Å². The van der Waals surface area contributed by atoms with Crippen molar-refractivity contribution < 1.29 is 0 Å². The van der Waals surface area contributed by atoms with Gasteiger partial charge in [0.15, 0.2) is 5.82 Å². The molecule has 0 aliphatic heterocycles. The summed E-state index contributed by atoms with van der Waals surface area (Å²) < 4.78 is 0.862. The van der Waals surface area contributed by atoms with Crippen LogP contribution in [0.25, 0.3) is 11.4 Å². The Hall–Kier alpha value is -1.42. The van der Waals surface area contributed by atoms with E-state index in [4.69, 9.17) is 5.73 Å². The average Bonchev–Trinajstić information content (AvgIpc) is 3.16. The van der Waals surface area contributed by atoms with Crippen molar-refractivity contribution in [3.05, 3.63) is 40.0 Å². The Bertz CT molecular complexity index is 606. The van der Waals surface area contributed by atoms with Crippen molar-refractivity contribution in [3.8, 4) is 11.4 Å². The van der Waals surface area contributed by atoms with Gasteiger partial charge in [-0.2, -0.15) is 0 Å². The summed E-state index contributed by atoms with van der Waals surface area (Å²) >= 11 is 3.49. The van der Waals surface area contributed by atoms with E-state index < -0.39 is 0 Å². The van der Waals surface area contributed by atoms with Crippen LogP contribution in [-0.4, -0.2) is 9.97 Å². The van der Waals surface area contributed by atoms with Gasteiger partial charge >= 0.3 is 0 Å². The maximum Gasteiger partial charge on any atom is 0.161 e. The Balaban J connectivity index is 2.12. The Kier molecular flexibility index (Phi) is 2.82. The fourth-order valence-electron chi connectivity index (χ4n) is 2.02. The highest BCUT2D eigenvalue weighted by atomic mass is 79.9. The van der Waals surface area contributed by atoms with Crippen LogP contribution >= 0.6 is 15.9 Å². The minimum atomic E-state index is 0.531. The predicted octanol–water partition coefficient (Wildman–Crippen LogP) is 3.67. The van der Waals surface area contributed by atoms with E-state index in [1.54, 1.807) is 0 Å². The largest absolute Gasteiger partial charge is 0.383 e. The molecule has 1 aliphatic carbocycles. The number of nitrogens with zero attached hydrogens (tertiary/aromatic N) is 2. The number of aromatic nitrogens is 2. The highest BCUT2D eigenvalue weighted by Gasteiger charge is 2.29. The molecule has 0 spiro atoms. The van der Waals surface area contributed by atoms with Crippen molar-refractivity contribution in [2.45, 2.75) is 25.7 Å². The topological polar surface area (TPSA) is 51.8 Å². The Labute approximate surface area is 115 Å². The first kappa shape index (κ1) is 11.7. The number of anilines is 1. The molecule has 0 atom stereocenters. The summed E-state index contributed by atoms with van der Waals surface area (Å²) in [4.78, 5) is 9.04. The van der Waals surface area contributed by atoms with E-state index in [9.17, 15) is 0 Å². The maximum absolute atomic E-state index is 5.96. The molecule has 0 bridgehead atoms. The van der Waals surface area contributed by atoms with Crippen LogP contribution in [0, 0.1) is 6.92 Å². The second-order valence-electron chi connectivity index (χ2n) is 4.78. The van der Waals surface area contributed by atoms with Gasteiger partial charge in [-0.3, -0.25) is 0 Å². The molecule has 4 heteroatoms. The van der Waals surface area contributed by atoms with Gasteiger partial charge in [-0.25, -0.2) is 9.97 Å². The molecule has 2 aromatic rings. The molecule has 3 nitrogen and oxygen atoms in total. The van der Waals surface area contributed by atoms with E-state index in [0.29, 0.717) is 11.7 Å². The monoisotopic (exact) mass is 303 g/mol. The van der Waals surface area contributed by atoms with Gasteiger partial charge in [-0.05, 0) is 41.8 Å². The number of rotatable bonds is 2. The standard InChI is InChI=1S/C14H14BrN3/c1-8-3-2-4-10(7-8)14-17-12(9-5-6-9)11(15)13(16)18-14/h2-4,7,9H,5-6H2,1H3,(H2,16,17,18). The third-order valence-corrected chi connectivity index (χ3v) is 3.96. The van der Waals surface area contributed by atoms with Gasteiger partial charge in [0.05, 0.1) is 10.2 Å². The van der Waals surface area contributed by atoms with Crippen LogP contribution in [0.4, 0.5) is 5.82 Å². The fraction of sp³-hybridized carbons (Fsp3) is 0.286. The minimum absolute atomic E-state index is 0.531. The second-order valence-corrected chi connectivity index (χ2v) is 5.57. The highest BCUT2D eigenvalue weighted by molar-refractivity contribution is 9.10. The summed E-state index contributed by atoms with van der Waals surface area (Å²) in [6, 6.07) is 8.18. The SMILES string of the molecule is Cc1cccc(-c2nc(N)c(Br)c(C3CC3)n2)c1. The van der Waals surface area contributed by atoms with Crippen molar-refractivity contribution in [2.24, 2.45) is 0 Å². The zero-order chi connectivity index (χ0) is 12.7. The summed E-state index contributed by atoms with van der Waals surface area (Å²) in [5.74, 6) is 1.80. The first-order chi connectivity index (χ1) is 8.65. The van der Waals surface area contributed by atoms with Gasteiger partial charge in [0.25, 0.3) is 0 Å². The lowest BCUT2D eigenvalue weighted by Crippen LogP contribution is -2.02. The van der Waals surface area contributed by atoms with Crippen molar-refractivity contribution in [3.63, 3.8) is 0 Å². The number of aryl methyl sites for hydroxylation is 1. The van der Waals surface area contributed by atoms with E-state index in [1.165, 1.54) is 18.4 Å². The zero-order valence-corrected chi connectivity index (χ0v) is 11.7. The van der Waals surface area contributed by atoms with Crippen LogP contribution in [0.3, 0.4) is 0 Å². The minimum Gasteiger partial charge on any atom is -0.383 e. The molecule has 1 aromatic heterocycles. The predicted molar refractivity (Wildman–Crippen MR) is 76.3 cm³/mol. The molecule has 1 fully saturated rings. The maximum atomic E-state index is 5.96. The van der Waals surface area contributed by atoms with Crippen LogP contribution in [-0.2, 0) is 0 Å². The lowest BCUT2D eigenvalue weighted by Gasteiger charge is -2.08. The van der Waals surface area contributed by atoms with Crippen LogP contribution in [0.1, 0.15) is 30.0 Å².